The third-order valence-electron chi connectivity index (χ3n) is 3.77. The fourth-order valence-electron chi connectivity index (χ4n) is 2.32. The molecule has 0 unspecified atom stereocenters. The fourth-order valence-corrected chi connectivity index (χ4v) is 2.32. The molecule has 0 saturated heterocycles. The number of hydrogen-bond donors (Lipinski definition) is 1. The van der Waals surface area contributed by atoms with Gasteiger partial charge in [-0.25, -0.2) is 0 Å². The van der Waals surface area contributed by atoms with Crippen LogP contribution in [0.25, 0.3) is 11.3 Å². The van der Waals surface area contributed by atoms with Crippen molar-refractivity contribution in [3.8, 4) is 17.0 Å². The molecular formula is C18H18N4O3. The molecule has 1 aromatic heterocycles. The Hall–Kier alpha value is -3.35. The number of aromatic nitrogens is 2. The van der Waals surface area contributed by atoms with Crippen LogP contribution in [-0.2, 0) is 0 Å². The highest BCUT2D eigenvalue weighted by molar-refractivity contribution is 5.80. The Bertz CT molecular complexity index is 901. The number of hydrazone groups is 1. The molecule has 1 heterocycles. The predicted molar refractivity (Wildman–Crippen MR) is 94.6 cm³/mol. The van der Waals surface area contributed by atoms with Crippen molar-refractivity contribution in [1.29, 1.82) is 0 Å². The molecule has 25 heavy (non-hydrogen) atoms. The molecule has 0 amide bonds. The maximum absolute atomic E-state index is 11.4. The van der Waals surface area contributed by atoms with Crippen LogP contribution < -0.4 is 15.1 Å². The second kappa shape index (κ2) is 7.04. The van der Waals surface area contributed by atoms with Crippen LogP contribution in [0.4, 0.5) is 5.69 Å². The van der Waals surface area contributed by atoms with Crippen molar-refractivity contribution >= 4 is 11.9 Å². The first kappa shape index (κ1) is 16.5. The van der Waals surface area contributed by atoms with E-state index in [4.69, 9.17) is 4.74 Å². The van der Waals surface area contributed by atoms with Gasteiger partial charge in [-0.1, -0.05) is 29.8 Å². The fraction of sp³-hybridized carbons (Fsp3) is 0.167. The van der Waals surface area contributed by atoms with E-state index < -0.39 is 0 Å². The molecule has 128 valence electrons. The zero-order chi connectivity index (χ0) is 17.8. The molecule has 7 nitrogen and oxygen atoms in total. The van der Waals surface area contributed by atoms with Gasteiger partial charge in [-0.2, -0.15) is 5.10 Å². The zero-order valence-electron chi connectivity index (χ0n) is 14.2. The van der Waals surface area contributed by atoms with Gasteiger partial charge in [0.25, 0.3) is 5.69 Å². The lowest BCUT2D eigenvalue weighted by Crippen LogP contribution is -2.25. The predicted octanol–water partition coefficient (Wildman–Crippen LogP) is 3.05. The van der Waals surface area contributed by atoms with Crippen LogP contribution in [0.3, 0.4) is 0 Å². The minimum atomic E-state index is 0.377. The van der Waals surface area contributed by atoms with Crippen LogP contribution in [0.1, 0.15) is 16.8 Å². The standard InChI is InChI=1S/C18H18N4O3/c1-12-4-6-14(7-5-12)11-19-20-16-10-15(8-9-17(16)24-3)18-13(2)22(23)25-21-18/h4-11,20H,1-3H3/b19-11+. The van der Waals surface area contributed by atoms with Crippen LogP contribution in [-0.4, -0.2) is 18.5 Å². The van der Waals surface area contributed by atoms with Crippen LogP contribution in [0, 0.1) is 19.1 Å². The van der Waals surface area contributed by atoms with Gasteiger partial charge in [0.1, 0.15) is 5.75 Å². The van der Waals surface area contributed by atoms with Gasteiger partial charge in [-0.15, -0.1) is 0 Å². The van der Waals surface area contributed by atoms with E-state index in [-0.39, 0.29) is 0 Å². The van der Waals surface area contributed by atoms with Crippen molar-refractivity contribution in [1.82, 2.24) is 5.16 Å². The lowest BCUT2D eigenvalue weighted by atomic mass is 10.1. The summed E-state index contributed by atoms with van der Waals surface area (Å²) in [5, 5.41) is 19.4. The van der Waals surface area contributed by atoms with Crippen LogP contribution in [0.15, 0.2) is 52.2 Å². The molecule has 0 fully saturated rings. The number of ether oxygens (including phenoxy) is 1. The molecule has 2 aromatic carbocycles. The van der Waals surface area contributed by atoms with Gasteiger partial charge >= 0.3 is 0 Å². The SMILES string of the molecule is COc1ccc(-c2no[n+]([O-])c2C)cc1N/N=C/c1ccc(C)cc1. The van der Waals surface area contributed by atoms with Gasteiger partial charge in [-0.05, 0) is 35.6 Å². The molecule has 3 aromatic rings. The molecule has 3 rings (SSSR count). The summed E-state index contributed by atoms with van der Waals surface area (Å²) in [5.41, 5.74) is 7.38. The van der Waals surface area contributed by atoms with E-state index in [1.54, 1.807) is 38.4 Å². The van der Waals surface area contributed by atoms with Gasteiger partial charge in [0.05, 0.1) is 19.0 Å². The van der Waals surface area contributed by atoms with E-state index in [0.717, 1.165) is 11.1 Å². The number of anilines is 1. The molecule has 7 heteroatoms. The third kappa shape index (κ3) is 3.60. The van der Waals surface area contributed by atoms with Crippen molar-refractivity contribution in [2.45, 2.75) is 13.8 Å². The first-order valence-electron chi connectivity index (χ1n) is 7.69. The lowest BCUT2D eigenvalue weighted by molar-refractivity contribution is -0.806. The van der Waals surface area contributed by atoms with Gasteiger partial charge in [0.15, 0.2) is 0 Å². The highest BCUT2D eigenvalue weighted by atomic mass is 16.8. The van der Waals surface area contributed by atoms with E-state index in [1.807, 2.05) is 31.2 Å². The van der Waals surface area contributed by atoms with Crippen molar-refractivity contribution in [2.24, 2.45) is 5.10 Å². The third-order valence-corrected chi connectivity index (χ3v) is 3.77. The summed E-state index contributed by atoms with van der Waals surface area (Å²) >= 11 is 0. The Balaban J connectivity index is 1.85. The number of rotatable bonds is 5. The van der Waals surface area contributed by atoms with E-state index >= 15 is 0 Å². The average Bonchev–Trinajstić information content (AvgIpc) is 2.96. The van der Waals surface area contributed by atoms with Gasteiger partial charge in [0.2, 0.25) is 5.69 Å². The summed E-state index contributed by atoms with van der Waals surface area (Å²) in [6.07, 6.45) is 1.72. The second-order valence-electron chi connectivity index (χ2n) is 5.56. The van der Waals surface area contributed by atoms with Gasteiger partial charge in [0, 0.05) is 17.6 Å². The average molecular weight is 338 g/mol. The van der Waals surface area contributed by atoms with Crippen LogP contribution in [0.5, 0.6) is 5.75 Å². The highest BCUT2D eigenvalue weighted by Gasteiger charge is 2.18. The molecule has 0 aliphatic rings. The number of hydrogen-bond acceptors (Lipinski definition) is 6. The van der Waals surface area contributed by atoms with E-state index in [0.29, 0.717) is 27.7 Å². The Morgan fingerprint density at radius 3 is 2.60 bits per heavy atom. The minimum Gasteiger partial charge on any atom is -0.495 e. The van der Waals surface area contributed by atoms with Crippen LogP contribution >= 0.6 is 0 Å². The summed E-state index contributed by atoms with van der Waals surface area (Å²) in [6.45, 7) is 3.68. The Morgan fingerprint density at radius 1 is 1.20 bits per heavy atom. The Morgan fingerprint density at radius 2 is 1.96 bits per heavy atom. The zero-order valence-corrected chi connectivity index (χ0v) is 14.2. The van der Waals surface area contributed by atoms with E-state index in [1.165, 1.54) is 5.56 Å². The minimum absolute atomic E-state index is 0.377. The van der Waals surface area contributed by atoms with Crippen molar-refractivity contribution in [2.75, 3.05) is 12.5 Å². The van der Waals surface area contributed by atoms with Crippen molar-refractivity contribution in [3.05, 3.63) is 64.5 Å². The molecule has 0 bridgehead atoms. The topological polar surface area (TPSA) is 86.6 Å². The number of benzene rings is 2. The normalized spacial score (nSPS) is 11.0. The van der Waals surface area contributed by atoms with Gasteiger partial charge < -0.3 is 9.94 Å². The highest BCUT2D eigenvalue weighted by Crippen LogP contribution is 2.30. The molecular weight excluding hydrogens is 320 g/mol. The largest absolute Gasteiger partial charge is 0.495 e. The molecule has 1 N–H and O–H groups in total. The smallest absolute Gasteiger partial charge is 0.251 e. The maximum Gasteiger partial charge on any atom is 0.251 e. The number of methoxy groups -OCH3 is 1. The number of aryl methyl sites for hydroxylation is 1. The maximum atomic E-state index is 11.4. The molecule has 0 aliphatic heterocycles. The summed E-state index contributed by atoms with van der Waals surface area (Å²) in [4.78, 5) is 0.377. The quantitative estimate of drug-likeness (QED) is 0.439. The molecule has 0 aliphatic carbocycles. The first-order chi connectivity index (χ1) is 12.1. The summed E-state index contributed by atoms with van der Waals surface area (Å²) < 4.78 is 9.97. The van der Waals surface area contributed by atoms with Gasteiger partial charge in [-0.3, -0.25) is 10.1 Å². The van der Waals surface area contributed by atoms with Crippen LogP contribution in [0.2, 0.25) is 0 Å². The summed E-state index contributed by atoms with van der Waals surface area (Å²) in [6, 6.07) is 13.4. The molecule has 0 atom stereocenters. The second-order valence-corrected chi connectivity index (χ2v) is 5.56. The first-order valence-corrected chi connectivity index (χ1v) is 7.69. The molecule has 0 spiro atoms. The number of nitrogens with zero attached hydrogens (tertiary/aromatic N) is 3. The van der Waals surface area contributed by atoms with Crippen molar-refractivity contribution < 1.29 is 14.3 Å². The Kier molecular flexibility index (Phi) is 4.65. The Labute approximate surface area is 145 Å². The lowest BCUT2D eigenvalue weighted by Gasteiger charge is -2.08. The monoisotopic (exact) mass is 338 g/mol. The summed E-state index contributed by atoms with van der Waals surface area (Å²) in [5.74, 6) is 0.626. The molecule has 0 saturated carbocycles. The van der Waals surface area contributed by atoms with E-state index in [2.05, 4.69) is 20.3 Å². The molecule has 0 radical (unpaired) electrons. The summed E-state index contributed by atoms with van der Waals surface area (Å²) in [7, 11) is 1.58. The van der Waals surface area contributed by atoms with Crippen molar-refractivity contribution in [3.63, 3.8) is 0 Å². The van der Waals surface area contributed by atoms with E-state index in [9.17, 15) is 5.21 Å². The number of nitrogens with one attached hydrogen (secondary N) is 1.